The van der Waals surface area contributed by atoms with E-state index in [4.69, 9.17) is 4.74 Å². The van der Waals surface area contributed by atoms with Crippen molar-refractivity contribution in [1.82, 2.24) is 0 Å². The lowest BCUT2D eigenvalue weighted by Crippen LogP contribution is -2.10. The second kappa shape index (κ2) is 15.4. The summed E-state index contributed by atoms with van der Waals surface area (Å²) in [6.45, 7) is 2.40. The van der Waals surface area contributed by atoms with E-state index in [0.717, 1.165) is 25.0 Å². The molecule has 0 heterocycles. The molecular formula is C23H35F3O2. The Kier molecular flexibility index (Phi) is 13.5. The average molecular weight is 401 g/mol. The van der Waals surface area contributed by atoms with Crippen LogP contribution in [0.4, 0.5) is 13.2 Å². The Hall–Kier alpha value is -1.52. The van der Waals surface area contributed by atoms with Gasteiger partial charge in [-0.25, -0.2) is 18.0 Å². The van der Waals surface area contributed by atoms with Crippen LogP contribution in [0.15, 0.2) is 12.1 Å². The molecule has 0 N–H and O–H groups in total. The van der Waals surface area contributed by atoms with Crippen molar-refractivity contribution in [1.29, 1.82) is 0 Å². The number of benzene rings is 1. The van der Waals surface area contributed by atoms with Crippen LogP contribution < -0.4 is 0 Å². The number of rotatable bonds is 16. The molecule has 0 aliphatic heterocycles. The molecule has 0 radical (unpaired) electrons. The van der Waals surface area contributed by atoms with Gasteiger partial charge in [-0.1, -0.05) is 90.4 Å². The minimum absolute atomic E-state index is 0.162. The number of carbonyl (C=O) groups excluding carboxylic acids is 1. The highest BCUT2D eigenvalue weighted by Gasteiger charge is 2.19. The van der Waals surface area contributed by atoms with Crippen molar-refractivity contribution in [2.75, 3.05) is 6.61 Å². The van der Waals surface area contributed by atoms with Crippen molar-refractivity contribution in [3.8, 4) is 0 Å². The average Bonchev–Trinajstić information content (AvgIpc) is 2.69. The van der Waals surface area contributed by atoms with Gasteiger partial charge in [-0.15, -0.1) is 0 Å². The molecule has 5 heteroatoms. The third-order valence-corrected chi connectivity index (χ3v) is 4.99. The van der Waals surface area contributed by atoms with Crippen LogP contribution in [0.2, 0.25) is 0 Å². The van der Waals surface area contributed by atoms with Gasteiger partial charge in [0.1, 0.15) is 0 Å². The zero-order chi connectivity index (χ0) is 20.6. The molecule has 0 amide bonds. The van der Waals surface area contributed by atoms with Crippen LogP contribution in [-0.2, 0) is 4.74 Å². The first-order valence-electron chi connectivity index (χ1n) is 10.9. The maximum Gasteiger partial charge on any atom is 0.341 e. The Morgan fingerprint density at radius 3 is 1.68 bits per heavy atom. The molecular weight excluding hydrogens is 365 g/mol. The standard InChI is InChI=1S/C23H35F3O2/c1-2-3-4-5-6-7-8-9-10-11-12-13-14-15-18-28-23(27)19-16-17-20(24)22(26)21(19)25/h16-17H,2-15,18H2,1H3. The van der Waals surface area contributed by atoms with E-state index >= 15 is 0 Å². The van der Waals surface area contributed by atoms with Gasteiger partial charge in [0.25, 0.3) is 0 Å². The second-order valence-electron chi connectivity index (χ2n) is 7.46. The quantitative estimate of drug-likeness (QED) is 0.161. The maximum absolute atomic E-state index is 13.5. The van der Waals surface area contributed by atoms with E-state index in [2.05, 4.69) is 6.92 Å². The van der Waals surface area contributed by atoms with Crippen LogP contribution in [0.5, 0.6) is 0 Å². The Balaban J connectivity index is 1.94. The van der Waals surface area contributed by atoms with Gasteiger partial charge in [0, 0.05) is 0 Å². The zero-order valence-corrected chi connectivity index (χ0v) is 17.2. The molecule has 1 rings (SSSR count). The van der Waals surface area contributed by atoms with Crippen molar-refractivity contribution >= 4 is 5.97 Å². The van der Waals surface area contributed by atoms with Gasteiger partial charge >= 0.3 is 5.97 Å². The molecule has 28 heavy (non-hydrogen) atoms. The predicted octanol–water partition coefficient (Wildman–Crippen LogP) is 7.74. The topological polar surface area (TPSA) is 26.3 Å². The summed E-state index contributed by atoms with van der Waals surface area (Å²) in [6.07, 6.45) is 17.2. The highest BCUT2D eigenvalue weighted by atomic mass is 19.2. The van der Waals surface area contributed by atoms with E-state index in [1.807, 2.05) is 0 Å². The molecule has 1 aromatic rings. The van der Waals surface area contributed by atoms with E-state index in [1.54, 1.807) is 0 Å². The largest absolute Gasteiger partial charge is 0.462 e. The highest BCUT2D eigenvalue weighted by molar-refractivity contribution is 5.89. The van der Waals surface area contributed by atoms with Gasteiger partial charge in [-0.2, -0.15) is 0 Å². The third kappa shape index (κ3) is 10.1. The molecule has 0 aromatic heterocycles. The third-order valence-electron chi connectivity index (χ3n) is 4.99. The molecule has 0 bridgehead atoms. The van der Waals surface area contributed by atoms with Gasteiger partial charge in [0.2, 0.25) is 0 Å². The zero-order valence-electron chi connectivity index (χ0n) is 17.2. The lowest BCUT2D eigenvalue weighted by atomic mass is 10.0. The summed E-state index contributed by atoms with van der Waals surface area (Å²) in [4.78, 5) is 11.7. The first-order chi connectivity index (χ1) is 13.6. The fourth-order valence-electron chi connectivity index (χ4n) is 3.22. The minimum Gasteiger partial charge on any atom is -0.462 e. The fraction of sp³-hybridized carbons (Fsp3) is 0.696. The van der Waals surface area contributed by atoms with Crippen LogP contribution in [0.25, 0.3) is 0 Å². The summed E-state index contributed by atoms with van der Waals surface area (Å²) >= 11 is 0. The Bertz CT molecular complexity index is 561. The smallest absolute Gasteiger partial charge is 0.341 e. The van der Waals surface area contributed by atoms with E-state index < -0.39 is 29.0 Å². The molecule has 0 fully saturated rings. The van der Waals surface area contributed by atoms with Crippen molar-refractivity contribution in [3.63, 3.8) is 0 Å². The molecule has 2 nitrogen and oxygen atoms in total. The summed E-state index contributed by atoms with van der Waals surface area (Å²) in [5, 5.41) is 0. The van der Waals surface area contributed by atoms with Gasteiger partial charge in [0.15, 0.2) is 17.5 Å². The number of hydrogen-bond acceptors (Lipinski definition) is 2. The molecule has 0 atom stereocenters. The normalized spacial score (nSPS) is 11.0. The highest BCUT2D eigenvalue weighted by Crippen LogP contribution is 2.17. The van der Waals surface area contributed by atoms with Gasteiger partial charge in [-0.05, 0) is 18.6 Å². The molecule has 0 saturated carbocycles. The van der Waals surface area contributed by atoms with Crippen LogP contribution in [-0.4, -0.2) is 12.6 Å². The molecule has 0 aliphatic rings. The van der Waals surface area contributed by atoms with E-state index in [9.17, 15) is 18.0 Å². The first-order valence-corrected chi connectivity index (χ1v) is 10.9. The van der Waals surface area contributed by atoms with Crippen molar-refractivity contribution in [3.05, 3.63) is 35.1 Å². The molecule has 0 aliphatic carbocycles. The number of halogens is 3. The number of esters is 1. The van der Waals surface area contributed by atoms with Crippen molar-refractivity contribution in [2.45, 2.75) is 96.8 Å². The minimum atomic E-state index is -1.65. The van der Waals surface area contributed by atoms with Crippen LogP contribution in [0, 0.1) is 17.5 Å². The van der Waals surface area contributed by atoms with E-state index in [-0.39, 0.29) is 6.61 Å². The van der Waals surface area contributed by atoms with E-state index in [1.165, 1.54) is 70.6 Å². The van der Waals surface area contributed by atoms with Gasteiger partial charge < -0.3 is 4.74 Å². The molecule has 0 unspecified atom stereocenters. The summed E-state index contributed by atoms with van der Waals surface area (Å²) in [5.41, 5.74) is -0.565. The monoisotopic (exact) mass is 400 g/mol. The second-order valence-corrected chi connectivity index (χ2v) is 7.46. The number of hydrogen-bond donors (Lipinski definition) is 0. The number of carbonyl (C=O) groups is 1. The summed E-state index contributed by atoms with van der Waals surface area (Å²) in [6, 6.07) is 1.63. The van der Waals surface area contributed by atoms with Crippen molar-refractivity contribution < 1.29 is 22.7 Å². The number of ether oxygens (including phenoxy) is 1. The Labute approximate surface area is 167 Å². The van der Waals surface area contributed by atoms with Crippen LogP contribution >= 0.6 is 0 Å². The fourth-order valence-corrected chi connectivity index (χ4v) is 3.22. The van der Waals surface area contributed by atoms with Crippen LogP contribution in [0.1, 0.15) is 107 Å². The lowest BCUT2D eigenvalue weighted by molar-refractivity contribution is 0.0491. The molecule has 1 aromatic carbocycles. The SMILES string of the molecule is CCCCCCCCCCCCCCCCOC(=O)c1ccc(F)c(F)c1F. The molecule has 0 spiro atoms. The summed E-state index contributed by atoms with van der Waals surface area (Å²) in [7, 11) is 0. The first kappa shape index (κ1) is 24.5. The van der Waals surface area contributed by atoms with Crippen LogP contribution in [0.3, 0.4) is 0 Å². The molecule has 160 valence electrons. The maximum atomic E-state index is 13.5. The van der Waals surface area contributed by atoms with E-state index in [0.29, 0.717) is 6.42 Å². The summed E-state index contributed by atoms with van der Waals surface area (Å²) in [5.74, 6) is -5.41. The van der Waals surface area contributed by atoms with Gasteiger partial charge in [-0.3, -0.25) is 0 Å². The van der Waals surface area contributed by atoms with Crippen molar-refractivity contribution in [2.24, 2.45) is 0 Å². The Morgan fingerprint density at radius 1 is 0.714 bits per heavy atom. The van der Waals surface area contributed by atoms with Gasteiger partial charge in [0.05, 0.1) is 12.2 Å². The Morgan fingerprint density at radius 2 is 1.18 bits per heavy atom. The predicted molar refractivity (Wildman–Crippen MR) is 107 cm³/mol. The lowest BCUT2D eigenvalue weighted by Gasteiger charge is -2.06. The molecule has 0 saturated heterocycles. The summed E-state index contributed by atoms with van der Waals surface area (Å²) < 4.78 is 44.4. The number of unbranched alkanes of at least 4 members (excludes halogenated alkanes) is 13.